The van der Waals surface area contributed by atoms with Gasteiger partial charge in [0.2, 0.25) is 0 Å². The van der Waals surface area contributed by atoms with Crippen molar-refractivity contribution in [3.8, 4) is 0 Å². The van der Waals surface area contributed by atoms with Crippen molar-refractivity contribution in [2.24, 2.45) is 11.5 Å². The van der Waals surface area contributed by atoms with Crippen LogP contribution in [0, 0.1) is 0 Å². The molecule has 0 saturated heterocycles. The van der Waals surface area contributed by atoms with Crippen LogP contribution in [0.2, 0.25) is 0 Å². The van der Waals surface area contributed by atoms with Gasteiger partial charge in [0.15, 0.2) is 0 Å². The minimum absolute atomic E-state index is 0.624. The molecule has 0 aromatic carbocycles. The van der Waals surface area contributed by atoms with E-state index < -0.39 is 0 Å². The van der Waals surface area contributed by atoms with E-state index in [1.807, 2.05) is 0 Å². The summed E-state index contributed by atoms with van der Waals surface area (Å²) in [5.41, 5.74) is 13.9. The predicted molar refractivity (Wildman–Crippen MR) is 73.6 cm³/mol. The predicted octanol–water partition coefficient (Wildman–Crippen LogP) is 0.469. The highest BCUT2D eigenvalue weighted by Gasteiger charge is 2.18. The zero-order chi connectivity index (χ0) is 12.8. The molecule has 18 heavy (non-hydrogen) atoms. The lowest BCUT2D eigenvalue weighted by molar-refractivity contribution is 0.707. The van der Waals surface area contributed by atoms with Gasteiger partial charge in [0, 0.05) is 37.4 Å². The van der Waals surface area contributed by atoms with Crippen molar-refractivity contribution in [3.63, 3.8) is 0 Å². The molecule has 0 atom stereocenters. The monoisotopic (exact) mass is 249 g/mol. The Morgan fingerprint density at radius 3 is 2.44 bits per heavy atom. The molecule has 0 saturated carbocycles. The van der Waals surface area contributed by atoms with Crippen molar-refractivity contribution < 1.29 is 0 Å². The minimum Gasteiger partial charge on any atom is -0.354 e. The Bertz CT molecular complexity index is 374. The van der Waals surface area contributed by atoms with Gasteiger partial charge in [-0.1, -0.05) is 6.42 Å². The first kappa shape index (κ1) is 13.2. The van der Waals surface area contributed by atoms with Crippen LogP contribution >= 0.6 is 0 Å². The summed E-state index contributed by atoms with van der Waals surface area (Å²) in [6.07, 6.45) is 7.58. The number of aryl methyl sites for hydroxylation is 1. The second-order valence-electron chi connectivity index (χ2n) is 4.75. The van der Waals surface area contributed by atoms with Gasteiger partial charge in [-0.3, -0.25) is 0 Å². The first-order valence-corrected chi connectivity index (χ1v) is 6.84. The van der Waals surface area contributed by atoms with Crippen molar-refractivity contribution in [3.05, 3.63) is 17.6 Å². The van der Waals surface area contributed by atoms with E-state index in [0.717, 1.165) is 31.7 Å². The lowest BCUT2D eigenvalue weighted by Crippen LogP contribution is -2.35. The lowest BCUT2D eigenvalue weighted by atomic mass is 10.1. The Morgan fingerprint density at radius 1 is 1.00 bits per heavy atom. The van der Waals surface area contributed by atoms with Crippen LogP contribution in [0.3, 0.4) is 0 Å². The van der Waals surface area contributed by atoms with E-state index in [9.17, 15) is 0 Å². The smallest absolute Gasteiger partial charge is 0.135 e. The second-order valence-corrected chi connectivity index (χ2v) is 4.75. The Labute approximate surface area is 109 Å². The van der Waals surface area contributed by atoms with Crippen molar-refractivity contribution in [2.45, 2.75) is 32.1 Å². The van der Waals surface area contributed by atoms with Crippen molar-refractivity contribution >= 4 is 5.82 Å². The standard InChI is InChI=1S/C13H23N5/c14-6-8-18(9-7-15)13-11-4-2-1-3-5-12(11)16-10-17-13/h10H,1-9,14-15H2. The first-order chi connectivity index (χ1) is 8.86. The molecule has 5 nitrogen and oxygen atoms in total. The second kappa shape index (κ2) is 6.66. The van der Waals surface area contributed by atoms with Gasteiger partial charge in [-0.2, -0.15) is 0 Å². The molecular weight excluding hydrogens is 226 g/mol. The summed E-state index contributed by atoms with van der Waals surface area (Å²) >= 11 is 0. The molecule has 100 valence electrons. The van der Waals surface area contributed by atoms with Crippen LogP contribution < -0.4 is 16.4 Å². The van der Waals surface area contributed by atoms with E-state index >= 15 is 0 Å². The average Bonchev–Trinajstić information content (AvgIpc) is 2.63. The van der Waals surface area contributed by atoms with Crippen LogP contribution in [-0.2, 0) is 12.8 Å². The van der Waals surface area contributed by atoms with Gasteiger partial charge in [0.05, 0.1) is 0 Å². The fourth-order valence-electron chi connectivity index (χ4n) is 2.59. The number of anilines is 1. The van der Waals surface area contributed by atoms with Crippen molar-refractivity contribution in [1.29, 1.82) is 0 Å². The third-order valence-corrected chi connectivity index (χ3v) is 3.45. The normalized spacial score (nSPS) is 15.0. The number of hydrogen-bond acceptors (Lipinski definition) is 5. The van der Waals surface area contributed by atoms with E-state index in [1.54, 1.807) is 6.33 Å². The number of aromatic nitrogens is 2. The van der Waals surface area contributed by atoms with E-state index in [2.05, 4.69) is 14.9 Å². The van der Waals surface area contributed by atoms with E-state index in [4.69, 9.17) is 11.5 Å². The summed E-state index contributed by atoms with van der Waals surface area (Å²) in [7, 11) is 0. The van der Waals surface area contributed by atoms with Gasteiger partial charge < -0.3 is 16.4 Å². The molecule has 1 aromatic heterocycles. The molecule has 0 fully saturated rings. The number of nitrogens with two attached hydrogens (primary N) is 2. The van der Waals surface area contributed by atoms with Gasteiger partial charge in [-0.25, -0.2) is 9.97 Å². The highest BCUT2D eigenvalue weighted by Crippen LogP contribution is 2.26. The summed E-state index contributed by atoms with van der Waals surface area (Å²) in [5, 5.41) is 0. The zero-order valence-corrected chi connectivity index (χ0v) is 10.9. The quantitative estimate of drug-likeness (QED) is 0.741. The van der Waals surface area contributed by atoms with Gasteiger partial charge in [-0.05, 0) is 25.7 Å². The molecule has 1 aliphatic carbocycles. The molecular formula is C13H23N5. The molecule has 4 N–H and O–H groups in total. The zero-order valence-electron chi connectivity index (χ0n) is 10.9. The number of nitrogens with zero attached hydrogens (tertiary/aromatic N) is 3. The molecule has 0 bridgehead atoms. The first-order valence-electron chi connectivity index (χ1n) is 6.84. The number of fused-ring (bicyclic) bond motifs is 1. The van der Waals surface area contributed by atoms with Crippen molar-refractivity contribution in [2.75, 3.05) is 31.1 Å². The van der Waals surface area contributed by atoms with Gasteiger partial charge in [-0.15, -0.1) is 0 Å². The molecule has 1 aromatic rings. The van der Waals surface area contributed by atoms with Crippen LogP contribution in [0.1, 0.15) is 30.5 Å². The van der Waals surface area contributed by atoms with Crippen molar-refractivity contribution in [1.82, 2.24) is 9.97 Å². The summed E-state index contributed by atoms with van der Waals surface area (Å²) in [4.78, 5) is 11.1. The Morgan fingerprint density at radius 2 is 1.72 bits per heavy atom. The van der Waals surface area contributed by atoms with Crippen LogP contribution in [0.5, 0.6) is 0 Å². The molecule has 0 radical (unpaired) electrons. The summed E-state index contributed by atoms with van der Waals surface area (Å²) in [5.74, 6) is 1.05. The number of hydrogen-bond donors (Lipinski definition) is 2. The molecule has 0 spiro atoms. The molecule has 2 rings (SSSR count). The molecule has 0 amide bonds. The van der Waals surface area contributed by atoms with Crippen LogP contribution in [0.25, 0.3) is 0 Å². The lowest BCUT2D eigenvalue weighted by Gasteiger charge is -2.25. The van der Waals surface area contributed by atoms with Gasteiger partial charge in [0.25, 0.3) is 0 Å². The van der Waals surface area contributed by atoms with E-state index in [-0.39, 0.29) is 0 Å². The Balaban J connectivity index is 2.30. The maximum atomic E-state index is 5.68. The average molecular weight is 249 g/mol. The topological polar surface area (TPSA) is 81.1 Å². The van der Waals surface area contributed by atoms with Gasteiger partial charge in [0.1, 0.15) is 12.1 Å². The highest BCUT2D eigenvalue weighted by atomic mass is 15.2. The number of rotatable bonds is 5. The molecule has 1 aliphatic rings. The van der Waals surface area contributed by atoms with E-state index in [1.165, 1.54) is 30.5 Å². The third kappa shape index (κ3) is 2.97. The van der Waals surface area contributed by atoms with Gasteiger partial charge >= 0.3 is 0 Å². The summed E-state index contributed by atoms with van der Waals surface area (Å²) < 4.78 is 0. The SMILES string of the molecule is NCCN(CCN)c1ncnc2c1CCCCC2. The van der Waals surface area contributed by atoms with Crippen LogP contribution in [-0.4, -0.2) is 36.1 Å². The Hall–Kier alpha value is -1.20. The fraction of sp³-hybridized carbons (Fsp3) is 0.692. The van der Waals surface area contributed by atoms with Crippen LogP contribution in [0.15, 0.2) is 6.33 Å². The largest absolute Gasteiger partial charge is 0.354 e. The molecule has 5 heteroatoms. The third-order valence-electron chi connectivity index (χ3n) is 3.45. The molecule has 1 heterocycles. The fourth-order valence-corrected chi connectivity index (χ4v) is 2.59. The minimum atomic E-state index is 0.624. The maximum Gasteiger partial charge on any atom is 0.135 e. The van der Waals surface area contributed by atoms with E-state index in [0.29, 0.717) is 13.1 Å². The highest BCUT2D eigenvalue weighted by molar-refractivity contribution is 5.49. The Kier molecular flexibility index (Phi) is 4.90. The summed E-state index contributed by atoms with van der Waals surface area (Å²) in [6.45, 7) is 2.86. The summed E-state index contributed by atoms with van der Waals surface area (Å²) in [6, 6.07) is 0. The molecule has 0 aliphatic heterocycles. The molecule has 0 unspecified atom stereocenters. The maximum absolute atomic E-state index is 5.68. The van der Waals surface area contributed by atoms with Crippen LogP contribution in [0.4, 0.5) is 5.82 Å².